The number of nitriles is 1. The Kier molecular flexibility index (Phi) is 4.59. The molecule has 1 aromatic rings. The molecule has 1 aromatic heterocycles. The smallest absolute Gasteiger partial charge is 0.240 e. The van der Waals surface area contributed by atoms with Crippen LogP contribution < -0.4 is 5.32 Å². The Morgan fingerprint density at radius 3 is 2.82 bits per heavy atom. The van der Waals surface area contributed by atoms with Crippen molar-refractivity contribution in [1.29, 1.82) is 5.26 Å². The number of hydrogen-bond acceptors (Lipinski definition) is 5. The first kappa shape index (κ1) is 16.5. The molecule has 0 aromatic carbocycles. The second-order valence-electron chi connectivity index (χ2n) is 6.43. The lowest BCUT2D eigenvalue weighted by Gasteiger charge is -2.33. The van der Waals surface area contributed by atoms with Gasteiger partial charge in [-0.15, -0.1) is 0 Å². The van der Waals surface area contributed by atoms with Crippen molar-refractivity contribution in [2.24, 2.45) is 0 Å². The molecule has 0 spiro atoms. The van der Waals surface area contributed by atoms with Crippen LogP contribution in [0, 0.1) is 25.2 Å². The van der Waals surface area contributed by atoms with E-state index in [0.717, 1.165) is 24.9 Å². The fourth-order valence-corrected chi connectivity index (χ4v) is 3.02. The predicted octanol–water partition coefficient (Wildman–Crippen LogP) is 1.94. The Balaban J connectivity index is 2.05. The number of aryl methyl sites for hydroxylation is 1. The molecule has 1 unspecified atom stereocenters. The van der Waals surface area contributed by atoms with E-state index in [1.54, 1.807) is 27.7 Å². The summed E-state index contributed by atoms with van der Waals surface area (Å²) in [5.74, 6) is 0.602. The van der Waals surface area contributed by atoms with Crippen LogP contribution in [0.2, 0.25) is 0 Å². The van der Waals surface area contributed by atoms with Gasteiger partial charge in [0.1, 0.15) is 17.4 Å². The monoisotopic (exact) mass is 305 g/mol. The molecule has 1 aliphatic heterocycles. The number of likely N-dealkylation sites (tertiary alicyclic amines) is 1. The number of hydrogen-bond donors (Lipinski definition) is 2. The third-order valence-electron chi connectivity index (χ3n) is 4.28. The molecule has 1 fully saturated rings. The summed E-state index contributed by atoms with van der Waals surface area (Å²) in [6.07, 6.45) is 1.84. The summed E-state index contributed by atoms with van der Waals surface area (Å²) in [6.45, 7) is 8.04. The summed E-state index contributed by atoms with van der Waals surface area (Å²) >= 11 is 0. The molecule has 2 heterocycles. The lowest BCUT2D eigenvalue weighted by Crippen LogP contribution is -2.48. The van der Waals surface area contributed by atoms with Gasteiger partial charge in [0.15, 0.2) is 0 Å². The summed E-state index contributed by atoms with van der Waals surface area (Å²) in [5.41, 5.74) is 0.270. The van der Waals surface area contributed by atoms with Gasteiger partial charge in [0.25, 0.3) is 0 Å². The fourth-order valence-electron chi connectivity index (χ4n) is 3.02. The number of amides is 1. The van der Waals surface area contributed by atoms with Crippen LogP contribution in [-0.2, 0) is 4.79 Å². The summed E-state index contributed by atoms with van der Waals surface area (Å²) < 4.78 is 5.44. The molecule has 22 heavy (non-hydrogen) atoms. The largest absolute Gasteiger partial charge is 0.444 e. The molecule has 0 radical (unpaired) electrons. The average molecular weight is 305 g/mol. The van der Waals surface area contributed by atoms with E-state index in [4.69, 9.17) is 9.68 Å². The molecule has 120 valence electrons. The zero-order valence-electron chi connectivity index (χ0n) is 13.6. The SMILES string of the molecule is Cc1oc(NC(=O)CN2CCCC2C(C)(C)O)c(C#N)c1C. The van der Waals surface area contributed by atoms with Crippen LogP contribution in [-0.4, -0.2) is 40.6 Å². The first-order valence-electron chi connectivity index (χ1n) is 7.50. The van der Waals surface area contributed by atoms with Crippen LogP contribution >= 0.6 is 0 Å². The van der Waals surface area contributed by atoms with Gasteiger partial charge in [-0.25, -0.2) is 0 Å². The highest BCUT2D eigenvalue weighted by molar-refractivity contribution is 5.92. The molecule has 6 nitrogen and oxygen atoms in total. The Morgan fingerprint density at radius 1 is 1.55 bits per heavy atom. The molecule has 1 amide bonds. The van der Waals surface area contributed by atoms with Crippen molar-refractivity contribution in [3.63, 3.8) is 0 Å². The van der Waals surface area contributed by atoms with E-state index in [2.05, 4.69) is 11.4 Å². The minimum absolute atomic E-state index is 0.0336. The van der Waals surface area contributed by atoms with E-state index < -0.39 is 5.60 Å². The van der Waals surface area contributed by atoms with Gasteiger partial charge in [0, 0.05) is 11.6 Å². The highest BCUT2D eigenvalue weighted by Crippen LogP contribution is 2.28. The Labute approximate surface area is 130 Å². The van der Waals surface area contributed by atoms with Gasteiger partial charge in [0.05, 0.1) is 12.1 Å². The molecular formula is C16H23N3O3. The number of nitrogens with one attached hydrogen (secondary N) is 1. The Morgan fingerprint density at radius 2 is 2.23 bits per heavy atom. The van der Waals surface area contributed by atoms with Gasteiger partial charge < -0.3 is 9.52 Å². The van der Waals surface area contributed by atoms with Crippen LogP contribution in [0.15, 0.2) is 4.42 Å². The molecule has 1 aliphatic rings. The van der Waals surface area contributed by atoms with E-state index in [1.807, 2.05) is 4.90 Å². The van der Waals surface area contributed by atoms with E-state index in [-0.39, 0.29) is 24.4 Å². The molecular weight excluding hydrogens is 282 g/mol. The first-order valence-corrected chi connectivity index (χ1v) is 7.50. The van der Waals surface area contributed by atoms with Crippen LogP contribution in [0.3, 0.4) is 0 Å². The number of rotatable bonds is 4. The second-order valence-corrected chi connectivity index (χ2v) is 6.43. The molecule has 1 saturated heterocycles. The van der Waals surface area contributed by atoms with Crippen molar-refractivity contribution in [1.82, 2.24) is 4.90 Å². The number of aliphatic hydroxyl groups is 1. The predicted molar refractivity (Wildman–Crippen MR) is 82.4 cm³/mol. The molecule has 0 bridgehead atoms. The fraction of sp³-hybridized carbons (Fsp3) is 0.625. The van der Waals surface area contributed by atoms with Gasteiger partial charge in [-0.2, -0.15) is 5.26 Å². The average Bonchev–Trinajstić information content (AvgIpc) is 2.95. The van der Waals surface area contributed by atoms with Crippen molar-refractivity contribution in [3.8, 4) is 6.07 Å². The number of carbonyl (C=O) groups is 1. The molecule has 1 atom stereocenters. The van der Waals surface area contributed by atoms with E-state index in [0.29, 0.717) is 11.3 Å². The van der Waals surface area contributed by atoms with Crippen LogP contribution in [0.1, 0.15) is 43.6 Å². The van der Waals surface area contributed by atoms with Gasteiger partial charge in [0.2, 0.25) is 11.8 Å². The van der Waals surface area contributed by atoms with Gasteiger partial charge >= 0.3 is 0 Å². The number of furan rings is 1. The Hall–Kier alpha value is -1.84. The molecule has 2 rings (SSSR count). The summed E-state index contributed by atoms with van der Waals surface area (Å²) in [7, 11) is 0. The van der Waals surface area contributed by atoms with Crippen LogP contribution in [0.25, 0.3) is 0 Å². The van der Waals surface area contributed by atoms with E-state index in [9.17, 15) is 9.90 Å². The standard InChI is InChI=1S/C16H23N3O3/c1-10-11(2)22-15(12(10)8-17)18-14(20)9-19-7-5-6-13(19)16(3,4)21/h13,21H,5-7,9H2,1-4H3,(H,18,20). The first-order chi connectivity index (χ1) is 10.2. The number of nitrogens with zero attached hydrogens (tertiary/aromatic N) is 2. The zero-order chi connectivity index (χ0) is 16.5. The lowest BCUT2D eigenvalue weighted by molar-refractivity contribution is -0.118. The molecule has 0 saturated carbocycles. The van der Waals surface area contributed by atoms with Crippen molar-refractivity contribution in [2.45, 2.75) is 52.2 Å². The maximum atomic E-state index is 12.2. The highest BCUT2D eigenvalue weighted by Gasteiger charge is 2.36. The van der Waals surface area contributed by atoms with Crippen molar-refractivity contribution >= 4 is 11.8 Å². The molecule has 6 heteroatoms. The van der Waals surface area contributed by atoms with Crippen molar-refractivity contribution in [2.75, 3.05) is 18.4 Å². The number of carbonyl (C=O) groups excluding carboxylic acids is 1. The minimum Gasteiger partial charge on any atom is -0.444 e. The van der Waals surface area contributed by atoms with Crippen LogP contribution in [0.4, 0.5) is 5.88 Å². The maximum Gasteiger partial charge on any atom is 0.240 e. The second kappa shape index (κ2) is 6.11. The van der Waals surface area contributed by atoms with Gasteiger partial charge in [-0.3, -0.25) is 15.0 Å². The zero-order valence-corrected chi connectivity index (χ0v) is 13.6. The third kappa shape index (κ3) is 3.32. The molecule has 0 aliphatic carbocycles. The number of anilines is 1. The topological polar surface area (TPSA) is 89.5 Å². The third-order valence-corrected chi connectivity index (χ3v) is 4.28. The van der Waals surface area contributed by atoms with Gasteiger partial charge in [-0.1, -0.05) is 0 Å². The normalized spacial score (nSPS) is 19.2. The van der Waals surface area contributed by atoms with Crippen LogP contribution in [0.5, 0.6) is 0 Å². The molecule has 2 N–H and O–H groups in total. The summed E-state index contributed by atoms with van der Waals surface area (Å²) in [5, 5.41) is 22.0. The summed E-state index contributed by atoms with van der Waals surface area (Å²) in [6, 6.07) is 2.02. The van der Waals surface area contributed by atoms with Crippen molar-refractivity contribution < 1.29 is 14.3 Å². The quantitative estimate of drug-likeness (QED) is 0.887. The minimum atomic E-state index is -0.841. The maximum absolute atomic E-state index is 12.2. The lowest BCUT2D eigenvalue weighted by atomic mass is 9.97. The Bertz CT molecular complexity index is 607. The highest BCUT2D eigenvalue weighted by atomic mass is 16.4. The van der Waals surface area contributed by atoms with E-state index >= 15 is 0 Å². The van der Waals surface area contributed by atoms with Gasteiger partial charge in [-0.05, 0) is 47.1 Å². The van der Waals surface area contributed by atoms with E-state index in [1.165, 1.54) is 0 Å². The van der Waals surface area contributed by atoms with Crippen molar-refractivity contribution in [3.05, 3.63) is 16.9 Å². The summed E-state index contributed by atoms with van der Waals surface area (Å²) in [4.78, 5) is 14.2.